The molecule has 0 saturated heterocycles. The molecule has 0 amide bonds. The summed E-state index contributed by atoms with van der Waals surface area (Å²) in [4.78, 5) is 10.8. The lowest BCUT2D eigenvalue weighted by Gasteiger charge is -2.21. The predicted molar refractivity (Wildman–Crippen MR) is 77.6 cm³/mol. The number of carbonyl (C=O) groups is 1. The highest BCUT2D eigenvalue weighted by Crippen LogP contribution is 2.39. The van der Waals surface area contributed by atoms with Gasteiger partial charge < -0.3 is 10.4 Å². The molecule has 0 radical (unpaired) electrons. The molecule has 1 aliphatic rings. The Kier molecular flexibility index (Phi) is 3.57. The molecule has 0 bridgehead atoms. The third-order valence-corrected chi connectivity index (χ3v) is 3.90. The number of rotatable bonds is 4. The van der Waals surface area contributed by atoms with Crippen LogP contribution in [0.25, 0.3) is 0 Å². The first-order chi connectivity index (χ1) is 8.79. The fourth-order valence-corrected chi connectivity index (χ4v) is 2.30. The van der Waals surface area contributed by atoms with E-state index in [0.29, 0.717) is 0 Å². The highest BCUT2D eigenvalue weighted by molar-refractivity contribution is 5.73. The third-order valence-electron chi connectivity index (χ3n) is 3.90. The van der Waals surface area contributed by atoms with Gasteiger partial charge in [0.15, 0.2) is 0 Å². The quantitative estimate of drug-likeness (QED) is 0.873. The normalized spacial score (nSPS) is 22.1. The Morgan fingerprint density at radius 1 is 1.42 bits per heavy atom. The zero-order valence-electron chi connectivity index (χ0n) is 12.2. The Labute approximate surface area is 115 Å². The van der Waals surface area contributed by atoms with E-state index < -0.39 is 5.97 Å². The van der Waals surface area contributed by atoms with Crippen molar-refractivity contribution in [2.45, 2.75) is 39.5 Å². The molecule has 2 unspecified atom stereocenters. The Balaban J connectivity index is 2.02. The average molecular weight is 261 g/mol. The van der Waals surface area contributed by atoms with Gasteiger partial charge in [0.25, 0.3) is 0 Å². The van der Waals surface area contributed by atoms with Crippen LogP contribution < -0.4 is 5.32 Å². The topological polar surface area (TPSA) is 49.3 Å². The maximum absolute atomic E-state index is 10.8. The molecule has 3 heteroatoms. The van der Waals surface area contributed by atoms with Gasteiger partial charge in [-0.3, -0.25) is 4.79 Å². The van der Waals surface area contributed by atoms with Crippen LogP contribution in [0.5, 0.6) is 0 Å². The smallest absolute Gasteiger partial charge is 0.306 e. The number of carboxylic acids is 1. The van der Waals surface area contributed by atoms with Crippen LogP contribution in [-0.4, -0.2) is 17.6 Å². The minimum absolute atomic E-state index is 0.132. The highest BCUT2D eigenvalue weighted by Gasteiger charge is 2.42. The molecule has 0 spiro atoms. The summed E-state index contributed by atoms with van der Waals surface area (Å²) in [5.41, 5.74) is 3.77. The van der Waals surface area contributed by atoms with E-state index in [-0.39, 0.29) is 17.3 Å². The van der Waals surface area contributed by atoms with Gasteiger partial charge in [-0.2, -0.15) is 0 Å². The van der Waals surface area contributed by atoms with Gasteiger partial charge in [0.05, 0.1) is 5.92 Å². The van der Waals surface area contributed by atoms with E-state index in [4.69, 9.17) is 5.11 Å². The monoisotopic (exact) mass is 261 g/mol. The molecule has 0 aromatic heterocycles. The van der Waals surface area contributed by atoms with Gasteiger partial charge in [0.2, 0.25) is 0 Å². The lowest BCUT2D eigenvalue weighted by Crippen LogP contribution is -2.13. The van der Waals surface area contributed by atoms with Crippen LogP contribution in [0.3, 0.4) is 0 Å². The van der Waals surface area contributed by atoms with E-state index in [1.165, 1.54) is 11.1 Å². The summed E-state index contributed by atoms with van der Waals surface area (Å²) >= 11 is 0. The molecule has 2 atom stereocenters. The van der Waals surface area contributed by atoms with Gasteiger partial charge in [-0.05, 0) is 41.9 Å². The van der Waals surface area contributed by atoms with Crippen LogP contribution in [0.1, 0.15) is 38.3 Å². The molecule has 0 aliphatic heterocycles. The second-order valence-electron chi connectivity index (χ2n) is 6.60. The molecule has 1 fully saturated rings. The summed E-state index contributed by atoms with van der Waals surface area (Å²) < 4.78 is 0. The van der Waals surface area contributed by atoms with E-state index in [2.05, 4.69) is 51.2 Å². The number of hydrogen-bond donors (Lipinski definition) is 2. The number of carboxylic acid groups (broad SMARTS) is 1. The Morgan fingerprint density at radius 3 is 2.63 bits per heavy atom. The second-order valence-corrected chi connectivity index (χ2v) is 6.60. The fraction of sp³-hybridized carbons (Fsp3) is 0.562. The van der Waals surface area contributed by atoms with Crippen LogP contribution in [0, 0.1) is 18.8 Å². The SMILES string of the molecule is Cc1ccc(C(C)(C)C)cc1NCC1CC1C(=O)O. The zero-order valence-corrected chi connectivity index (χ0v) is 12.2. The van der Waals surface area contributed by atoms with E-state index >= 15 is 0 Å². The maximum Gasteiger partial charge on any atom is 0.306 e. The molecule has 2 rings (SSSR count). The molecule has 1 aromatic carbocycles. The summed E-state index contributed by atoms with van der Waals surface area (Å²) in [6, 6.07) is 6.48. The molecule has 2 N–H and O–H groups in total. The molecule has 1 aliphatic carbocycles. The molecule has 104 valence electrons. The number of nitrogens with one attached hydrogen (secondary N) is 1. The third kappa shape index (κ3) is 3.28. The molecule has 3 nitrogen and oxygen atoms in total. The fourth-order valence-electron chi connectivity index (χ4n) is 2.30. The van der Waals surface area contributed by atoms with Crippen molar-refractivity contribution in [3.63, 3.8) is 0 Å². The number of aryl methyl sites for hydroxylation is 1. The molecular weight excluding hydrogens is 238 g/mol. The van der Waals surface area contributed by atoms with Crippen molar-refractivity contribution in [3.05, 3.63) is 29.3 Å². The summed E-state index contributed by atoms with van der Waals surface area (Å²) in [5, 5.41) is 12.3. The van der Waals surface area contributed by atoms with Gasteiger partial charge in [-0.15, -0.1) is 0 Å². The number of anilines is 1. The molecule has 1 saturated carbocycles. The summed E-state index contributed by atoms with van der Waals surface area (Å²) in [6.45, 7) is 9.43. The van der Waals surface area contributed by atoms with Gasteiger partial charge in [0.1, 0.15) is 0 Å². The largest absolute Gasteiger partial charge is 0.481 e. The van der Waals surface area contributed by atoms with Crippen LogP contribution in [0.2, 0.25) is 0 Å². The zero-order chi connectivity index (χ0) is 14.2. The second kappa shape index (κ2) is 4.87. The van der Waals surface area contributed by atoms with Crippen molar-refractivity contribution < 1.29 is 9.90 Å². The molecule has 1 aromatic rings. The summed E-state index contributed by atoms with van der Waals surface area (Å²) in [7, 11) is 0. The van der Waals surface area contributed by atoms with Crippen molar-refractivity contribution >= 4 is 11.7 Å². The van der Waals surface area contributed by atoms with Crippen LogP contribution >= 0.6 is 0 Å². The van der Waals surface area contributed by atoms with Crippen LogP contribution in [-0.2, 0) is 10.2 Å². The van der Waals surface area contributed by atoms with Gasteiger partial charge >= 0.3 is 5.97 Å². The Hall–Kier alpha value is -1.51. The summed E-state index contributed by atoms with van der Waals surface area (Å²) in [5.74, 6) is -0.513. The molecule has 0 heterocycles. The standard InChI is InChI=1S/C16H23NO2/c1-10-5-6-12(16(2,3)4)8-14(10)17-9-11-7-13(11)15(18)19/h5-6,8,11,13,17H,7,9H2,1-4H3,(H,18,19). The van der Waals surface area contributed by atoms with E-state index in [1.54, 1.807) is 0 Å². The average Bonchev–Trinajstić information content (AvgIpc) is 3.06. The minimum atomic E-state index is -0.660. The number of aliphatic carboxylic acids is 1. The van der Waals surface area contributed by atoms with Crippen molar-refractivity contribution in [1.29, 1.82) is 0 Å². The lowest BCUT2D eigenvalue weighted by atomic mass is 9.86. The van der Waals surface area contributed by atoms with Crippen molar-refractivity contribution in [2.75, 3.05) is 11.9 Å². The van der Waals surface area contributed by atoms with Gasteiger partial charge in [-0.1, -0.05) is 32.9 Å². The van der Waals surface area contributed by atoms with Gasteiger partial charge in [-0.25, -0.2) is 0 Å². The first-order valence-electron chi connectivity index (χ1n) is 6.87. The Bertz CT molecular complexity index is 488. The van der Waals surface area contributed by atoms with Crippen molar-refractivity contribution in [2.24, 2.45) is 11.8 Å². The molecule has 19 heavy (non-hydrogen) atoms. The lowest BCUT2D eigenvalue weighted by molar-refractivity contribution is -0.138. The number of hydrogen-bond acceptors (Lipinski definition) is 2. The minimum Gasteiger partial charge on any atom is -0.481 e. The maximum atomic E-state index is 10.8. The van der Waals surface area contributed by atoms with E-state index in [0.717, 1.165) is 18.7 Å². The van der Waals surface area contributed by atoms with Crippen molar-refractivity contribution in [3.8, 4) is 0 Å². The van der Waals surface area contributed by atoms with E-state index in [1.807, 2.05) is 0 Å². The first-order valence-corrected chi connectivity index (χ1v) is 6.87. The summed E-state index contributed by atoms with van der Waals surface area (Å²) in [6.07, 6.45) is 0.806. The highest BCUT2D eigenvalue weighted by atomic mass is 16.4. The number of benzene rings is 1. The van der Waals surface area contributed by atoms with Crippen LogP contribution in [0.4, 0.5) is 5.69 Å². The van der Waals surface area contributed by atoms with Crippen molar-refractivity contribution in [1.82, 2.24) is 0 Å². The Morgan fingerprint density at radius 2 is 2.11 bits per heavy atom. The van der Waals surface area contributed by atoms with Crippen LogP contribution in [0.15, 0.2) is 18.2 Å². The first kappa shape index (κ1) is 13.9. The predicted octanol–water partition coefficient (Wildman–Crippen LogP) is 3.43. The van der Waals surface area contributed by atoms with Gasteiger partial charge in [0, 0.05) is 12.2 Å². The van der Waals surface area contributed by atoms with E-state index in [9.17, 15) is 4.79 Å². The molecular formula is C16H23NO2.